The standard InChI is InChI=1S/C18H25N3O6S/c1-11(2)15(19-17(23)13-6-4-5-7-14(13)27-3)18(24)21-20-16(22)12-8-9-28(25,26)10-12/h4-7,11-12,15H,8-10H2,1-3H3,(H,19,23)(H,20,22)(H,21,24)/t12-,15+/m1/s1. The van der Waals surface area contributed by atoms with Crippen LogP contribution in [0.5, 0.6) is 5.75 Å². The summed E-state index contributed by atoms with van der Waals surface area (Å²) in [5, 5.41) is 2.64. The van der Waals surface area contributed by atoms with Gasteiger partial charge in [0.1, 0.15) is 11.8 Å². The van der Waals surface area contributed by atoms with Gasteiger partial charge in [0.25, 0.3) is 11.8 Å². The van der Waals surface area contributed by atoms with Crippen molar-refractivity contribution in [3.63, 3.8) is 0 Å². The van der Waals surface area contributed by atoms with Crippen LogP contribution >= 0.6 is 0 Å². The number of ether oxygens (including phenoxy) is 1. The predicted molar refractivity (Wildman–Crippen MR) is 102 cm³/mol. The second-order valence-electron chi connectivity index (χ2n) is 6.97. The van der Waals surface area contributed by atoms with Gasteiger partial charge in [0.2, 0.25) is 5.91 Å². The van der Waals surface area contributed by atoms with Crippen molar-refractivity contribution in [1.29, 1.82) is 0 Å². The number of sulfone groups is 1. The fourth-order valence-corrected chi connectivity index (χ4v) is 4.63. The van der Waals surface area contributed by atoms with Gasteiger partial charge in [-0.2, -0.15) is 0 Å². The number of methoxy groups -OCH3 is 1. The van der Waals surface area contributed by atoms with E-state index in [0.717, 1.165) is 0 Å². The van der Waals surface area contributed by atoms with Gasteiger partial charge in [0.15, 0.2) is 9.84 Å². The first kappa shape index (κ1) is 21.7. The van der Waals surface area contributed by atoms with Crippen LogP contribution in [0.4, 0.5) is 0 Å². The number of nitrogens with one attached hydrogen (secondary N) is 3. The summed E-state index contributed by atoms with van der Waals surface area (Å²) in [6.45, 7) is 3.50. The van der Waals surface area contributed by atoms with Crippen LogP contribution in [-0.4, -0.2) is 50.8 Å². The summed E-state index contributed by atoms with van der Waals surface area (Å²) >= 11 is 0. The molecule has 0 radical (unpaired) electrons. The Bertz CT molecular complexity index is 853. The Balaban J connectivity index is 1.98. The van der Waals surface area contributed by atoms with Crippen molar-refractivity contribution in [3.05, 3.63) is 29.8 Å². The minimum Gasteiger partial charge on any atom is -0.496 e. The lowest BCUT2D eigenvalue weighted by atomic mass is 10.0. The van der Waals surface area contributed by atoms with E-state index >= 15 is 0 Å². The lowest BCUT2D eigenvalue weighted by Crippen LogP contribution is -2.55. The molecule has 28 heavy (non-hydrogen) atoms. The SMILES string of the molecule is COc1ccccc1C(=O)N[C@H](C(=O)NNC(=O)[C@@H]1CCS(=O)(=O)C1)C(C)C. The molecule has 0 aromatic heterocycles. The summed E-state index contributed by atoms with van der Waals surface area (Å²) in [7, 11) is -1.76. The maximum absolute atomic E-state index is 12.5. The van der Waals surface area contributed by atoms with Crippen LogP contribution in [0.25, 0.3) is 0 Å². The lowest BCUT2D eigenvalue weighted by molar-refractivity contribution is -0.132. The second-order valence-corrected chi connectivity index (χ2v) is 9.20. The molecule has 1 aliphatic heterocycles. The monoisotopic (exact) mass is 411 g/mol. The Hall–Kier alpha value is -2.62. The highest BCUT2D eigenvalue weighted by Crippen LogP contribution is 2.19. The third-order valence-electron chi connectivity index (χ3n) is 4.50. The molecule has 154 valence electrons. The first-order valence-corrected chi connectivity index (χ1v) is 10.7. The molecule has 1 fully saturated rings. The van der Waals surface area contributed by atoms with E-state index in [2.05, 4.69) is 16.2 Å². The zero-order valence-electron chi connectivity index (χ0n) is 16.0. The molecule has 0 bridgehead atoms. The van der Waals surface area contributed by atoms with Crippen molar-refractivity contribution >= 4 is 27.6 Å². The number of benzene rings is 1. The van der Waals surface area contributed by atoms with E-state index in [1.54, 1.807) is 38.1 Å². The van der Waals surface area contributed by atoms with Gasteiger partial charge in [-0.25, -0.2) is 8.42 Å². The largest absolute Gasteiger partial charge is 0.496 e. The minimum absolute atomic E-state index is 0.0391. The Labute approximate surface area is 164 Å². The number of para-hydroxylation sites is 1. The molecule has 1 aromatic carbocycles. The molecule has 1 saturated heterocycles. The number of hydrogen-bond donors (Lipinski definition) is 3. The van der Waals surface area contributed by atoms with Crippen LogP contribution in [0.2, 0.25) is 0 Å². The van der Waals surface area contributed by atoms with E-state index in [-0.39, 0.29) is 29.4 Å². The second kappa shape index (κ2) is 9.05. The van der Waals surface area contributed by atoms with Gasteiger partial charge in [-0.3, -0.25) is 25.2 Å². The smallest absolute Gasteiger partial charge is 0.261 e. The van der Waals surface area contributed by atoms with Crippen molar-refractivity contribution in [3.8, 4) is 5.75 Å². The van der Waals surface area contributed by atoms with E-state index in [0.29, 0.717) is 5.75 Å². The normalized spacial score (nSPS) is 18.9. The summed E-state index contributed by atoms with van der Waals surface area (Å²) in [4.78, 5) is 37.1. The molecule has 0 unspecified atom stereocenters. The Morgan fingerprint density at radius 3 is 2.39 bits per heavy atom. The first-order valence-electron chi connectivity index (χ1n) is 8.88. The topological polar surface area (TPSA) is 131 Å². The molecule has 0 spiro atoms. The molecule has 0 saturated carbocycles. The average Bonchev–Trinajstić information content (AvgIpc) is 3.03. The van der Waals surface area contributed by atoms with Gasteiger partial charge in [0, 0.05) is 0 Å². The summed E-state index contributed by atoms with van der Waals surface area (Å²) < 4.78 is 28.1. The Kier molecular flexibility index (Phi) is 7.00. The van der Waals surface area contributed by atoms with E-state index in [1.165, 1.54) is 7.11 Å². The van der Waals surface area contributed by atoms with Crippen LogP contribution in [-0.2, 0) is 19.4 Å². The molecule has 3 amide bonds. The molecule has 10 heteroatoms. The Morgan fingerprint density at radius 1 is 1.14 bits per heavy atom. The van der Waals surface area contributed by atoms with Gasteiger partial charge in [-0.1, -0.05) is 26.0 Å². The van der Waals surface area contributed by atoms with Crippen molar-refractivity contribution in [2.75, 3.05) is 18.6 Å². The van der Waals surface area contributed by atoms with Crippen LogP contribution in [0, 0.1) is 11.8 Å². The number of amides is 3. The fraction of sp³-hybridized carbons (Fsp3) is 0.500. The van der Waals surface area contributed by atoms with Crippen molar-refractivity contribution in [2.45, 2.75) is 26.3 Å². The number of carbonyl (C=O) groups excluding carboxylic acids is 3. The highest BCUT2D eigenvalue weighted by atomic mass is 32.2. The molecule has 1 aliphatic rings. The van der Waals surface area contributed by atoms with E-state index in [1.807, 2.05) is 0 Å². The number of hydrogen-bond acceptors (Lipinski definition) is 6. The molecule has 3 N–H and O–H groups in total. The lowest BCUT2D eigenvalue weighted by Gasteiger charge is -2.22. The van der Waals surface area contributed by atoms with Crippen molar-refractivity contribution in [2.24, 2.45) is 11.8 Å². The fourth-order valence-electron chi connectivity index (χ4n) is 2.89. The predicted octanol–water partition coefficient (Wildman–Crippen LogP) is 0.0317. The van der Waals surface area contributed by atoms with E-state index in [9.17, 15) is 22.8 Å². The van der Waals surface area contributed by atoms with Crippen LogP contribution in [0.3, 0.4) is 0 Å². The average molecular weight is 411 g/mol. The molecule has 1 aromatic rings. The van der Waals surface area contributed by atoms with Crippen molar-refractivity contribution < 1.29 is 27.5 Å². The molecule has 2 rings (SSSR count). The van der Waals surface area contributed by atoms with Gasteiger partial charge >= 0.3 is 0 Å². The quantitative estimate of drug-likeness (QED) is 0.566. The minimum atomic E-state index is -3.20. The zero-order chi connectivity index (χ0) is 20.9. The van der Waals surface area contributed by atoms with Crippen LogP contribution < -0.4 is 20.9 Å². The van der Waals surface area contributed by atoms with Gasteiger partial charge in [-0.15, -0.1) is 0 Å². The van der Waals surface area contributed by atoms with Crippen molar-refractivity contribution in [1.82, 2.24) is 16.2 Å². The maximum atomic E-state index is 12.5. The third kappa shape index (κ3) is 5.44. The summed E-state index contributed by atoms with van der Waals surface area (Å²) in [5.74, 6) is -2.50. The number of hydrazine groups is 1. The summed E-state index contributed by atoms with van der Waals surface area (Å²) in [6, 6.07) is 5.70. The highest BCUT2D eigenvalue weighted by Gasteiger charge is 2.33. The molecule has 9 nitrogen and oxygen atoms in total. The highest BCUT2D eigenvalue weighted by molar-refractivity contribution is 7.91. The zero-order valence-corrected chi connectivity index (χ0v) is 16.8. The molecule has 2 atom stereocenters. The Morgan fingerprint density at radius 2 is 1.82 bits per heavy atom. The van der Waals surface area contributed by atoms with Gasteiger partial charge in [0.05, 0.1) is 30.1 Å². The number of carbonyl (C=O) groups is 3. The first-order chi connectivity index (χ1) is 13.1. The summed E-state index contributed by atoms with van der Waals surface area (Å²) in [6.07, 6.45) is 0.224. The number of rotatable bonds is 6. The third-order valence-corrected chi connectivity index (χ3v) is 6.27. The van der Waals surface area contributed by atoms with E-state index < -0.39 is 39.5 Å². The van der Waals surface area contributed by atoms with Gasteiger partial charge < -0.3 is 10.1 Å². The molecular weight excluding hydrogens is 386 g/mol. The van der Waals surface area contributed by atoms with E-state index in [4.69, 9.17) is 4.74 Å². The molecular formula is C18H25N3O6S. The molecule has 1 heterocycles. The molecule has 0 aliphatic carbocycles. The summed E-state index contributed by atoms with van der Waals surface area (Å²) in [5.41, 5.74) is 4.81. The van der Waals surface area contributed by atoms with Crippen LogP contribution in [0.15, 0.2) is 24.3 Å². The maximum Gasteiger partial charge on any atom is 0.261 e. The van der Waals surface area contributed by atoms with Gasteiger partial charge in [-0.05, 0) is 24.5 Å². The van der Waals surface area contributed by atoms with Crippen LogP contribution in [0.1, 0.15) is 30.6 Å².